The Morgan fingerprint density at radius 2 is 1.69 bits per heavy atom. The van der Waals surface area contributed by atoms with Crippen LogP contribution in [-0.4, -0.2) is 5.78 Å². The molecule has 0 rings (SSSR count). The SMILES string of the molecule is CCC(=O)/C(C)=C/C=C(\C)CCC=C(C)C. The zero-order chi connectivity index (χ0) is 12.6. The van der Waals surface area contributed by atoms with Gasteiger partial charge in [0, 0.05) is 6.42 Å². The van der Waals surface area contributed by atoms with Gasteiger partial charge in [0.15, 0.2) is 5.78 Å². The lowest BCUT2D eigenvalue weighted by Crippen LogP contribution is -1.95. The Hall–Kier alpha value is -1.11. The minimum Gasteiger partial charge on any atom is -0.295 e. The normalized spacial score (nSPS) is 12.6. The van der Waals surface area contributed by atoms with Crippen LogP contribution >= 0.6 is 0 Å². The third-order valence-corrected chi connectivity index (χ3v) is 2.47. The molecule has 0 bridgehead atoms. The van der Waals surface area contributed by atoms with E-state index >= 15 is 0 Å². The van der Waals surface area contributed by atoms with Gasteiger partial charge < -0.3 is 0 Å². The first-order valence-electron chi connectivity index (χ1n) is 5.98. The molecule has 0 aliphatic heterocycles. The number of ketones is 1. The van der Waals surface area contributed by atoms with Gasteiger partial charge in [-0.05, 0) is 46.1 Å². The van der Waals surface area contributed by atoms with E-state index in [0.29, 0.717) is 6.42 Å². The molecule has 0 aliphatic carbocycles. The molecule has 0 aromatic heterocycles. The largest absolute Gasteiger partial charge is 0.295 e. The molecule has 1 nitrogen and oxygen atoms in total. The van der Waals surface area contributed by atoms with E-state index in [9.17, 15) is 4.79 Å². The van der Waals surface area contributed by atoms with Crippen LogP contribution in [0.25, 0.3) is 0 Å². The van der Waals surface area contributed by atoms with E-state index in [1.165, 1.54) is 11.1 Å². The van der Waals surface area contributed by atoms with Crippen LogP contribution in [0.3, 0.4) is 0 Å². The molecule has 1 heteroatoms. The van der Waals surface area contributed by atoms with Crippen LogP contribution in [-0.2, 0) is 4.79 Å². The maximum atomic E-state index is 11.3. The van der Waals surface area contributed by atoms with Crippen LogP contribution in [0.4, 0.5) is 0 Å². The molecule has 0 radical (unpaired) electrons. The van der Waals surface area contributed by atoms with E-state index in [4.69, 9.17) is 0 Å². The number of rotatable bonds is 6. The van der Waals surface area contributed by atoms with Crippen LogP contribution in [0.15, 0.2) is 34.9 Å². The summed E-state index contributed by atoms with van der Waals surface area (Å²) in [5, 5.41) is 0. The fourth-order valence-electron chi connectivity index (χ4n) is 1.31. The monoisotopic (exact) mass is 220 g/mol. The molecule has 0 aromatic rings. The summed E-state index contributed by atoms with van der Waals surface area (Å²) in [7, 11) is 0. The summed E-state index contributed by atoms with van der Waals surface area (Å²) in [6.07, 6.45) is 8.97. The number of allylic oxidation sites excluding steroid dienone is 6. The molecule has 0 fully saturated rings. The summed E-state index contributed by atoms with van der Waals surface area (Å²) >= 11 is 0. The third-order valence-electron chi connectivity index (χ3n) is 2.47. The van der Waals surface area contributed by atoms with Gasteiger partial charge in [-0.1, -0.05) is 36.3 Å². The number of carbonyl (C=O) groups is 1. The first-order chi connectivity index (χ1) is 7.47. The van der Waals surface area contributed by atoms with Gasteiger partial charge in [-0.3, -0.25) is 4.79 Å². The average molecular weight is 220 g/mol. The van der Waals surface area contributed by atoms with Crippen LogP contribution in [0.2, 0.25) is 0 Å². The summed E-state index contributed by atoms with van der Waals surface area (Å²) in [6.45, 7) is 10.1. The standard InChI is InChI=1S/C15H24O/c1-6-15(16)14(5)11-10-13(4)9-7-8-12(2)3/h8,10-11H,6-7,9H2,1-5H3/b13-10+,14-11+. The molecule has 0 heterocycles. The zero-order valence-corrected chi connectivity index (χ0v) is 11.3. The van der Waals surface area contributed by atoms with Gasteiger partial charge in [-0.2, -0.15) is 0 Å². The minimum absolute atomic E-state index is 0.230. The highest BCUT2D eigenvalue weighted by atomic mass is 16.1. The summed E-state index contributed by atoms with van der Waals surface area (Å²) in [5.41, 5.74) is 3.53. The van der Waals surface area contributed by atoms with E-state index in [1.54, 1.807) is 0 Å². The summed E-state index contributed by atoms with van der Waals surface area (Å²) in [5.74, 6) is 0.230. The van der Waals surface area contributed by atoms with Gasteiger partial charge in [0.25, 0.3) is 0 Å². The summed E-state index contributed by atoms with van der Waals surface area (Å²) < 4.78 is 0. The Kier molecular flexibility index (Phi) is 7.53. The zero-order valence-electron chi connectivity index (χ0n) is 11.3. The van der Waals surface area contributed by atoms with Gasteiger partial charge >= 0.3 is 0 Å². The number of hydrogen-bond donors (Lipinski definition) is 0. The molecular weight excluding hydrogens is 196 g/mol. The summed E-state index contributed by atoms with van der Waals surface area (Å²) in [6, 6.07) is 0. The predicted molar refractivity (Wildman–Crippen MR) is 71.5 cm³/mol. The Morgan fingerprint density at radius 1 is 1.06 bits per heavy atom. The Morgan fingerprint density at radius 3 is 2.19 bits per heavy atom. The fourth-order valence-corrected chi connectivity index (χ4v) is 1.31. The van der Waals surface area contributed by atoms with Crippen LogP contribution < -0.4 is 0 Å². The van der Waals surface area contributed by atoms with Crippen molar-refractivity contribution < 1.29 is 4.79 Å². The molecule has 0 amide bonds. The molecule has 0 spiro atoms. The first-order valence-corrected chi connectivity index (χ1v) is 5.98. The molecule has 0 N–H and O–H groups in total. The topological polar surface area (TPSA) is 17.1 Å². The van der Waals surface area contributed by atoms with Gasteiger partial charge in [0.2, 0.25) is 0 Å². The lowest BCUT2D eigenvalue weighted by atomic mass is 10.1. The van der Waals surface area contributed by atoms with Crippen molar-refractivity contribution in [1.29, 1.82) is 0 Å². The number of Topliss-reactive ketones (excluding diaryl/α,β-unsaturated/α-hetero) is 1. The van der Waals surface area contributed by atoms with Gasteiger partial charge in [0.05, 0.1) is 0 Å². The second-order valence-corrected chi connectivity index (χ2v) is 4.46. The van der Waals surface area contributed by atoms with Gasteiger partial charge in [0.1, 0.15) is 0 Å². The smallest absolute Gasteiger partial charge is 0.158 e. The first kappa shape index (κ1) is 14.9. The van der Waals surface area contributed by atoms with Crippen LogP contribution in [0.5, 0.6) is 0 Å². The Bertz CT molecular complexity index is 312. The van der Waals surface area contributed by atoms with Gasteiger partial charge in [-0.25, -0.2) is 0 Å². The third kappa shape index (κ3) is 7.22. The molecular formula is C15H24O. The second kappa shape index (κ2) is 8.09. The predicted octanol–water partition coefficient (Wildman–Crippen LogP) is 4.60. The average Bonchev–Trinajstić information content (AvgIpc) is 2.24. The van der Waals surface area contributed by atoms with Crippen molar-refractivity contribution in [3.8, 4) is 0 Å². The van der Waals surface area contributed by atoms with E-state index in [0.717, 1.165) is 18.4 Å². The maximum Gasteiger partial charge on any atom is 0.158 e. The maximum absolute atomic E-state index is 11.3. The van der Waals surface area contributed by atoms with Crippen molar-refractivity contribution in [2.24, 2.45) is 0 Å². The highest BCUT2D eigenvalue weighted by Crippen LogP contribution is 2.08. The molecule has 0 aromatic carbocycles. The lowest BCUT2D eigenvalue weighted by Gasteiger charge is -1.98. The Labute approximate surface area is 99.9 Å². The van der Waals surface area contributed by atoms with E-state index in [1.807, 2.05) is 19.9 Å². The fraction of sp³-hybridized carbons (Fsp3) is 0.533. The van der Waals surface area contributed by atoms with Crippen molar-refractivity contribution in [3.05, 3.63) is 34.9 Å². The number of carbonyl (C=O) groups excluding carboxylic acids is 1. The van der Waals surface area contributed by atoms with Crippen molar-refractivity contribution >= 4 is 5.78 Å². The second-order valence-electron chi connectivity index (χ2n) is 4.46. The quantitative estimate of drug-likeness (QED) is 0.363. The number of hydrogen-bond acceptors (Lipinski definition) is 1. The Balaban J connectivity index is 4.23. The molecule has 0 saturated carbocycles. The van der Waals surface area contributed by atoms with Crippen LogP contribution in [0.1, 0.15) is 53.9 Å². The molecule has 0 unspecified atom stereocenters. The van der Waals surface area contributed by atoms with Crippen molar-refractivity contribution in [2.45, 2.75) is 53.9 Å². The van der Waals surface area contributed by atoms with Crippen LogP contribution in [0, 0.1) is 0 Å². The van der Waals surface area contributed by atoms with E-state index in [2.05, 4.69) is 32.9 Å². The highest BCUT2D eigenvalue weighted by Gasteiger charge is 1.98. The van der Waals surface area contributed by atoms with Crippen molar-refractivity contribution in [2.75, 3.05) is 0 Å². The molecule has 90 valence electrons. The molecule has 0 atom stereocenters. The highest BCUT2D eigenvalue weighted by molar-refractivity contribution is 5.94. The van der Waals surface area contributed by atoms with Crippen molar-refractivity contribution in [3.63, 3.8) is 0 Å². The minimum atomic E-state index is 0.230. The summed E-state index contributed by atoms with van der Waals surface area (Å²) in [4.78, 5) is 11.3. The lowest BCUT2D eigenvalue weighted by molar-refractivity contribution is -0.115. The van der Waals surface area contributed by atoms with Gasteiger partial charge in [-0.15, -0.1) is 0 Å². The molecule has 16 heavy (non-hydrogen) atoms. The van der Waals surface area contributed by atoms with Crippen molar-refractivity contribution in [1.82, 2.24) is 0 Å². The van der Waals surface area contributed by atoms with E-state index in [-0.39, 0.29) is 5.78 Å². The molecule has 0 aliphatic rings. The molecule has 0 saturated heterocycles. The van der Waals surface area contributed by atoms with E-state index < -0.39 is 0 Å².